The van der Waals surface area contributed by atoms with Crippen LogP contribution in [0.5, 0.6) is 5.75 Å². The number of alkyl halides is 3. The molecule has 0 saturated carbocycles. The molecule has 0 radical (unpaired) electrons. The fourth-order valence-electron chi connectivity index (χ4n) is 1.76. The number of aromatic nitrogens is 2. The Bertz CT molecular complexity index is 625. The Hall–Kier alpha value is -1.70. The number of hydrogen-bond donors (Lipinski definition) is 1. The van der Waals surface area contributed by atoms with Crippen LogP contribution in [0.15, 0.2) is 35.1 Å². The van der Waals surface area contributed by atoms with Crippen molar-refractivity contribution >= 4 is 27.6 Å². The van der Waals surface area contributed by atoms with Gasteiger partial charge in [-0.25, -0.2) is 4.98 Å². The number of nitrogens with zero attached hydrogens (tertiary/aromatic N) is 2. The van der Waals surface area contributed by atoms with Gasteiger partial charge in [-0.15, -0.1) is 13.2 Å². The van der Waals surface area contributed by atoms with Gasteiger partial charge in [-0.1, -0.05) is 15.9 Å². The highest BCUT2D eigenvalue weighted by Crippen LogP contribution is 2.34. The predicted octanol–water partition coefficient (Wildman–Crippen LogP) is 4.87. The van der Waals surface area contributed by atoms with E-state index in [1.54, 1.807) is 23.0 Å². The van der Waals surface area contributed by atoms with Crippen LogP contribution in [-0.4, -0.2) is 15.9 Å². The quantitative estimate of drug-likeness (QED) is 0.842. The maximum Gasteiger partial charge on any atom is 0.573 e. The van der Waals surface area contributed by atoms with E-state index in [0.717, 1.165) is 0 Å². The fourth-order valence-corrected chi connectivity index (χ4v) is 2.10. The number of halogens is 4. The van der Waals surface area contributed by atoms with Gasteiger partial charge in [0.2, 0.25) is 5.95 Å². The SMILES string of the molecule is CC(C)n1ccnc1Nc1ccc(Br)cc1OC(F)(F)F. The van der Waals surface area contributed by atoms with Gasteiger partial charge in [0.1, 0.15) is 0 Å². The Labute approximate surface area is 128 Å². The van der Waals surface area contributed by atoms with Crippen molar-refractivity contribution in [2.45, 2.75) is 26.3 Å². The highest BCUT2D eigenvalue weighted by Gasteiger charge is 2.32. The molecule has 0 spiro atoms. The van der Waals surface area contributed by atoms with Gasteiger partial charge in [-0.2, -0.15) is 0 Å². The maximum absolute atomic E-state index is 12.5. The smallest absolute Gasteiger partial charge is 0.404 e. The Morgan fingerprint density at radius 3 is 2.67 bits per heavy atom. The molecule has 4 nitrogen and oxygen atoms in total. The van der Waals surface area contributed by atoms with E-state index < -0.39 is 6.36 Å². The summed E-state index contributed by atoms with van der Waals surface area (Å²) in [4.78, 5) is 4.10. The lowest BCUT2D eigenvalue weighted by atomic mass is 10.3. The minimum atomic E-state index is -4.76. The molecule has 8 heteroatoms. The molecule has 0 unspecified atom stereocenters. The van der Waals surface area contributed by atoms with Crippen LogP contribution in [0.3, 0.4) is 0 Å². The average molecular weight is 364 g/mol. The highest BCUT2D eigenvalue weighted by atomic mass is 79.9. The van der Waals surface area contributed by atoms with Crippen molar-refractivity contribution in [3.8, 4) is 5.75 Å². The van der Waals surface area contributed by atoms with Gasteiger partial charge in [-0.05, 0) is 32.0 Å². The van der Waals surface area contributed by atoms with Crippen LogP contribution < -0.4 is 10.1 Å². The van der Waals surface area contributed by atoms with Crippen LogP contribution in [0, 0.1) is 0 Å². The van der Waals surface area contributed by atoms with Crippen molar-refractivity contribution < 1.29 is 17.9 Å². The second kappa shape index (κ2) is 5.97. The molecule has 2 rings (SSSR count). The van der Waals surface area contributed by atoms with Crippen molar-refractivity contribution in [1.82, 2.24) is 9.55 Å². The van der Waals surface area contributed by atoms with E-state index in [9.17, 15) is 13.2 Å². The zero-order valence-corrected chi connectivity index (χ0v) is 12.9. The molecule has 2 aromatic rings. The summed E-state index contributed by atoms with van der Waals surface area (Å²) >= 11 is 3.12. The van der Waals surface area contributed by atoms with Crippen LogP contribution in [0.1, 0.15) is 19.9 Å². The molecular weight excluding hydrogens is 351 g/mol. The van der Waals surface area contributed by atoms with Gasteiger partial charge >= 0.3 is 6.36 Å². The minimum absolute atomic E-state index is 0.123. The molecule has 1 aromatic carbocycles. The number of imidazole rings is 1. The van der Waals surface area contributed by atoms with Crippen LogP contribution >= 0.6 is 15.9 Å². The summed E-state index contributed by atoms with van der Waals surface area (Å²) in [5.41, 5.74) is 0.184. The lowest BCUT2D eigenvalue weighted by molar-refractivity contribution is -0.274. The molecule has 0 fully saturated rings. The van der Waals surface area contributed by atoms with Crippen molar-refractivity contribution in [3.63, 3.8) is 0 Å². The zero-order valence-electron chi connectivity index (χ0n) is 11.3. The van der Waals surface area contributed by atoms with Gasteiger partial charge < -0.3 is 14.6 Å². The summed E-state index contributed by atoms with van der Waals surface area (Å²) < 4.78 is 43.7. The standard InChI is InChI=1S/C13H13BrF3N3O/c1-8(2)20-6-5-18-12(20)19-10-4-3-9(14)7-11(10)21-13(15,16)17/h3-8H,1-2H3,(H,18,19). The summed E-state index contributed by atoms with van der Waals surface area (Å²) in [6.45, 7) is 3.89. The van der Waals surface area contributed by atoms with E-state index in [0.29, 0.717) is 10.4 Å². The lowest BCUT2D eigenvalue weighted by Gasteiger charge is -2.16. The summed E-state index contributed by atoms with van der Waals surface area (Å²) in [7, 11) is 0. The number of nitrogens with one attached hydrogen (secondary N) is 1. The number of anilines is 2. The molecule has 1 heterocycles. The highest BCUT2D eigenvalue weighted by molar-refractivity contribution is 9.10. The zero-order chi connectivity index (χ0) is 15.6. The van der Waals surface area contributed by atoms with E-state index in [-0.39, 0.29) is 17.5 Å². The monoisotopic (exact) mass is 363 g/mol. The molecule has 1 N–H and O–H groups in total. The first-order valence-electron chi connectivity index (χ1n) is 6.11. The summed E-state index contributed by atoms with van der Waals surface area (Å²) in [6, 6.07) is 4.48. The van der Waals surface area contributed by atoms with Crippen LogP contribution in [-0.2, 0) is 0 Å². The van der Waals surface area contributed by atoms with E-state index in [4.69, 9.17) is 0 Å². The van der Waals surface area contributed by atoms with Crippen LogP contribution in [0.4, 0.5) is 24.8 Å². The van der Waals surface area contributed by atoms with E-state index in [1.807, 2.05) is 13.8 Å². The molecule has 0 amide bonds. The van der Waals surface area contributed by atoms with E-state index >= 15 is 0 Å². The van der Waals surface area contributed by atoms with Crippen molar-refractivity contribution in [3.05, 3.63) is 35.1 Å². The molecule has 0 aliphatic rings. The molecule has 0 aliphatic carbocycles. The van der Waals surface area contributed by atoms with E-state index in [2.05, 4.69) is 31.0 Å². The molecule has 0 atom stereocenters. The normalized spacial score (nSPS) is 11.8. The third kappa shape index (κ3) is 4.13. The largest absolute Gasteiger partial charge is 0.573 e. The Kier molecular flexibility index (Phi) is 4.46. The third-order valence-corrected chi connectivity index (χ3v) is 3.13. The average Bonchev–Trinajstić information content (AvgIpc) is 2.79. The van der Waals surface area contributed by atoms with Gasteiger partial charge in [0.05, 0.1) is 5.69 Å². The first-order valence-corrected chi connectivity index (χ1v) is 6.91. The van der Waals surface area contributed by atoms with Gasteiger partial charge in [-0.3, -0.25) is 0 Å². The Balaban J connectivity index is 2.33. The third-order valence-electron chi connectivity index (χ3n) is 2.64. The molecule has 21 heavy (non-hydrogen) atoms. The first kappa shape index (κ1) is 15.7. The molecular formula is C13H13BrF3N3O. The molecule has 1 aromatic heterocycles. The first-order chi connectivity index (χ1) is 9.76. The number of rotatable bonds is 4. The topological polar surface area (TPSA) is 39.1 Å². The molecule has 114 valence electrons. The maximum atomic E-state index is 12.5. The number of ether oxygens (including phenoxy) is 1. The van der Waals surface area contributed by atoms with Gasteiger partial charge in [0.15, 0.2) is 5.75 Å². The van der Waals surface area contributed by atoms with Crippen molar-refractivity contribution in [2.24, 2.45) is 0 Å². The molecule has 0 bridgehead atoms. The van der Waals surface area contributed by atoms with Crippen LogP contribution in [0.2, 0.25) is 0 Å². The summed E-state index contributed by atoms with van der Waals surface area (Å²) in [5.74, 6) is 0.120. The Morgan fingerprint density at radius 1 is 1.33 bits per heavy atom. The number of benzene rings is 1. The predicted molar refractivity (Wildman–Crippen MR) is 76.7 cm³/mol. The second-order valence-corrected chi connectivity index (χ2v) is 5.48. The fraction of sp³-hybridized carbons (Fsp3) is 0.308. The van der Waals surface area contributed by atoms with E-state index in [1.165, 1.54) is 12.1 Å². The van der Waals surface area contributed by atoms with Gasteiger partial charge in [0, 0.05) is 22.9 Å². The van der Waals surface area contributed by atoms with Crippen LogP contribution in [0.25, 0.3) is 0 Å². The second-order valence-electron chi connectivity index (χ2n) is 4.57. The van der Waals surface area contributed by atoms with Crippen molar-refractivity contribution in [2.75, 3.05) is 5.32 Å². The lowest BCUT2D eigenvalue weighted by Crippen LogP contribution is -2.18. The molecule has 0 saturated heterocycles. The summed E-state index contributed by atoms with van der Waals surface area (Å²) in [6.07, 6.45) is -1.44. The summed E-state index contributed by atoms with van der Waals surface area (Å²) in [5, 5.41) is 2.86. The van der Waals surface area contributed by atoms with Crippen molar-refractivity contribution in [1.29, 1.82) is 0 Å². The molecule has 0 aliphatic heterocycles. The number of hydrogen-bond acceptors (Lipinski definition) is 3. The minimum Gasteiger partial charge on any atom is -0.404 e. The van der Waals surface area contributed by atoms with Gasteiger partial charge in [0.25, 0.3) is 0 Å². The Morgan fingerprint density at radius 2 is 2.05 bits per heavy atom.